The van der Waals surface area contributed by atoms with Crippen LogP contribution in [0.25, 0.3) is 0 Å². The van der Waals surface area contributed by atoms with E-state index in [0.717, 1.165) is 6.42 Å². The number of unbranched alkanes of at least 4 members (excludes halogenated alkanes) is 2. The zero-order valence-corrected chi connectivity index (χ0v) is 9.46. The van der Waals surface area contributed by atoms with E-state index >= 15 is 0 Å². The minimum Gasteiger partial charge on any atom is -1.00 e. The van der Waals surface area contributed by atoms with Crippen LogP contribution in [0.15, 0.2) is 0 Å². The van der Waals surface area contributed by atoms with Gasteiger partial charge in [0.25, 0.3) is 0 Å². The van der Waals surface area contributed by atoms with Crippen LogP contribution in [0.5, 0.6) is 0 Å². The summed E-state index contributed by atoms with van der Waals surface area (Å²) in [6.45, 7) is 0.166. The van der Waals surface area contributed by atoms with Crippen LogP contribution in [0.4, 0.5) is 0 Å². The van der Waals surface area contributed by atoms with E-state index in [1.807, 2.05) is 0 Å². The maximum atomic E-state index is 9.90. The number of aliphatic hydroxyl groups excluding tert-OH is 1. The number of hydrogen-bond donors (Lipinski definition) is 2. The average molecular weight is 172 g/mol. The third-order valence-electron chi connectivity index (χ3n) is 1.05. The molecule has 0 bridgehead atoms. The summed E-state index contributed by atoms with van der Waals surface area (Å²) in [5.74, 6) is -0.757. The summed E-state index contributed by atoms with van der Waals surface area (Å²) in [7, 11) is 0. The normalized spacial score (nSPS) is 8.50. The summed E-state index contributed by atoms with van der Waals surface area (Å²) in [6, 6.07) is 0. The number of carbonyl (C=O) groups is 1. The number of aliphatic hydroxyl groups is 1. The smallest absolute Gasteiger partial charge is 1.00 e. The fraction of sp³-hybridized carbons (Fsp3) is 0.833. The van der Waals surface area contributed by atoms with E-state index in [4.69, 9.17) is 10.2 Å². The monoisotopic (exact) mass is 172 g/mol. The molecule has 0 saturated carbocycles. The summed E-state index contributed by atoms with van der Waals surface area (Å²) in [4.78, 5) is 9.90. The summed E-state index contributed by atoms with van der Waals surface area (Å²) >= 11 is 0. The van der Waals surface area contributed by atoms with Gasteiger partial charge in [0.1, 0.15) is 0 Å². The molecule has 0 saturated heterocycles. The second-order valence-corrected chi connectivity index (χ2v) is 1.93. The molecule has 2 N–H and O–H groups in total. The van der Waals surface area contributed by atoms with Crippen LogP contribution >= 0.6 is 0 Å². The van der Waals surface area contributed by atoms with Crippen molar-refractivity contribution in [3.05, 3.63) is 0 Å². The molecule has 0 heterocycles. The zero-order valence-electron chi connectivity index (χ0n) is 7.34. The Morgan fingerprint density at radius 2 is 1.90 bits per heavy atom. The van der Waals surface area contributed by atoms with Gasteiger partial charge in [-0.15, -0.1) is 0 Å². The van der Waals surface area contributed by atoms with Crippen LogP contribution in [0, 0.1) is 0 Å². The maximum Gasteiger partial charge on any atom is 1.00 e. The molecule has 0 atom stereocenters. The second-order valence-electron chi connectivity index (χ2n) is 1.93. The predicted octanol–water partition coefficient (Wildman–Crippen LogP) is -2.26. The fourth-order valence-corrected chi connectivity index (χ4v) is 0.565. The first-order valence-electron chi connectivity index (χ1n) is 3.10. The van der Waals surface area contributed by atoms with E-state index in [-0.39, 0.29) is 65.8 Å². The Balaban J connectivity index is -0.000000320. The van der Waals surface area contributed by atoms with E-state index in [2.05, 4.69) is 0 Å². The fourth-order valence-electron chi connectivity index (χ4n) is 0.565. The van der Waals surface area contributed by atoms with Crippen molar-refractivity contribution >= 4 is 5.97 Å². The molecule has 0 aromatic rings. The third kappa shape index (κ3) is 11.8. The Morgan fingerprint density at radius 3 is 2.30 bits per heavy atom. The number of carboxylic acids is 1. The number of carboxylic acid groups (broad SMARTS) is 1. The van der Waals surface area contributed by atoms with Crippen LogP contribution in [-0.4, -0.2) is 22.8 Å². The van der Waals surface area contributed by atoms with Gasteiger partial charge in [0.15, 0.2) is 0 Å². The summed E-state index contributed by atoms with van der Waals surface area (Å²) in [6.07, 6.45) is 2.42. The molecule has 3 nitrogen and oxygen atoms in total. The summed E-state index contributed by atoms with van der Waals surface area (Å²) in [5.41, 5.74) is 0. The van der Waals surface area contributed by atoms with Crippen molar-refractivity contribution in [1.82, 2.24) is 0 Å². The quantitative estimate of drug-likeness (QED) is 0.363. The Bertz CT molecular complexity index is 89.9. The van der Waals surface area contributed by atoms with Gasteiger partial charge in [-0.2, -0.15) is 0 Å². The van der Waals surface area contributed by atoms with Crippen LogP contribution < -0.4 is 51.4 Å². The van der Waals surface area contributed by atoms with Crippen molar-refractivity contribution in [2.24, 2.45) is 0 Å². The molecule has 0 aliphatic carbocycles. The molecule has 0 aliphatic rings. The van der Waals surface area contributed by atoms with Crippen molar-refractivity contribution in [1.29, 1.82) is 0 Å². The van der Waals surface area contributed by atoms with Crippen LogP contribution in [0.3, 0.4) is 0 Å². The van der Waals surface area contributed by atoms with Crippen molar-refractivity contribution in [2.75, 3.05) is 6.61 Å². The largest absolute Gasteiger partial charge is 1.00 e. The van der Waals surface area contributed by atoms with E-state index in [0.29, 0.717) is 12.8 Å². The van der Waals surface area contributed by atoms with Gasteiger partial charge in [-0.3, -0.25) is 4.79 Å². The van der Waals surface area contributed by atoms with Crippen LogP contribution in [0.2, 0.25) is 0 Å². The molecule has 56 valence electrons. The molecular formula is C6H13KO3. The van der Waals surface area contributed by atoms with Crippen molar-refractivity contribution < 1.29 is 67.8 Å². The third-order valence-corrected chi connectivity index (χ3v) is 1.05. The molecule has 0 aromatic heterocycles. The van der Waals surface area contributed by atoms with E-state index < -0.39 is 5.97 Å². The minimum absolute atomic E-state index is 0. The van der Waals surface area contributed by atoms with Gasteiger partial charge >= 0.3 is 57.4 Å². The SMILES string of the molecule is O=C(O)CCCCCO.[H-].[K+]. The molecule has 0 amide bonds. The van der Waals surface area contributed by atoms with E-state index in [1.165, 1.54) is 0 Å². The van der Waals surface area contributed by atoms with Gasteiger partial charge in [-0.25, -0.2) is 0 Å². The van der Waals surface area contributed by atoms with Crippen molar-refractivity contribution in [3.8, 4) is 0 Å². The van der Waals surface area contributed by atoms with Gasteiger partial charge in [-0.1, -0.05) is 6.42 Å². The molecule has 0 aliphatic heterocycles. The minimum atomic E-state index is -0.757. The molecular weight excluding hydrogens is 159 g/mol. The van der Waals surface area contributed by atoms with Gasteiger partial charge < -0.3 is 11.6 Å². The van der Waals surface area contributed by atoms with Gasteiger partial charge in [0.2, 0.25) is 0 Å². The Kier molecular flexibility index (Phi) is 13.7. The van der Waals surface area contributed by atoms with E-state index in [9.17, 15) is 4.79 Å². The number of rotatable bonds is 5. The van der Waals surface area contributed by atoms with Gasteiger partial charge in [-0.05, 0) is 12.8 Å². The molecule has 0 unspecified atom stereocenters. The molecule has 0 fully saturated rings. The van der Waals surface area contributed by atoms with Crippen LogP contribution in [-0.2, 0) is 4.79 Å². The van der Waals surface area contributed by atoms with Gasteiger partial charge in [0, 0.05) is 13.0 Å². The maximum absolute atomic E-state index is 9.90. The molecule has 4 heteroatoms. The number of aliphatic carboxylic acids is 1. The summed E-state index contributed by atoms with van der Waals surface area (Å²) < 4.78 is 0. The molecule has 0 spiro atoms. The van der Waals surface area contributed by atoms with E-state index in [1.54, 1.807) is 0 Å². The van der Waals surface area contributed by atoms with Crippen LogP contribution in [0.1, 0.15) is 27.1 Å². The molecule has 0 aromatic carbocycles. The molecule has 0 rings (SSSR count). The standard InChI is InChI=1S/C6H12O3.K.H/c7-5-3-1-2-4-6(8)9;;/h7H,1-5H2,(H,8,9);;/q;+1;-1. The average Bonchev–Trinajstić information content (AvgIpc) is 1.80. The second kappa shape index (κ2) is 10.1. The number of hydrogen-bond acceptors (Lipinski definition) is 2. The van der Waals surface area contributed by atoms with Crippen molar-refractivity contribution in [3.63, 3.8) is 0 Å². The molecule has 0 radical (unpaired) electrons. The topological polar surface area (TPSA) is 57.5 Å². The summed E-state index contributed by atoms with van der Waals surface area (Å²) in [5, 5.41) is 16.4. The zero-order chi connectivity index (χ0) is 7.11. The Hall–Kier alpha value is 1.07. The molecule has 10 heavy (non-hydrogen) atoms. The first kappa shape index (κ1) is 13.6. The Morgan fingerprint density at radius 1 is 1.30 bits per heavy atom. The first-order chi connectivity index (χ1) is 4.27. The first-order valence-corrected chi connectivity index (χ1v) is 3.10. The predicted molar refractivity (Wildman–Crippen MR) is 34.3 cm³/mol. The Labute approximate surface area is 105 Å². The van der Waals surface area contributed by atoms with Gasteiger partial charge in [0.05, 0.1) is 0 Å². The van der Waals surface area contributed by atoms with Crippen molar-refractivity contribution in [2.45, 2.75) is 25.7 Å².